The van der Waals surface area contributed by atoms with E-state index >= 15 is 0 Å². The molecule has 0 fully saturated rings. The van der Waals surface area contributed by atoms with Gasteiger partial charge in [-0.15, -0.1) is 0 Å². The first-order valence-corrected chi connectivity index (χ1v) is 8.62. The number of halogens is 1. The summed E-state index contributed by atoms with van der Waals surface area (Å²) in [4.78, 5) is 11.2. The van der Waals surface area contributed by atoms with Crippen molar-refractivity contribution in [3.05, 3.63) is 58.1 Å². The van der Waals surface area contributed by atoms with Crippen molar-refractivity contribution in [1.29, 1.82) is 0 Å². The third-order valence-electron chi connectivity index (χ3n) is 3.19. The predicted octanol–water partition coefficient (Wildman–Crippen LogP) is 4.49. The van der Waals surface area contributed by atoms with E-state index in [0.29, 0.717) is 28.9 Å². The lowest BCUT2D eigenvalue weighted by Crippen LogP contribution is -2.04. The Morgan fingerprint density at radius 2 is 1.96 bits per heavy atom. The smallest absolute Gasteiger partial charge is 0.335 e. The van der Waals surface area contributed by atoms with Crippen molar-refractivity contribution < 1.29 is 19.4 Å². The Labute approximate surface area is 144 Å². The number of thioether (sulfide) groups is 1. The molecule has 2 rings (SSSR count). The molecule has 0 radical (unpaired) electrons. The molecule has 0 atom stereocenters. The summed E-state index contributed by atoms with van der Waals surface area (Å²) in [6, 6.07) is 10.5. The zero-order valence-electron chi connectivity index (χ0n) is 12.8. The van der Waals surface area contributed by atoms with Crippen molar-refractivity contribution in [2.45, 2.75) is 12.4 Å². The zero-order chi connectivity index (χ0) is 16.8. The third kappa shape index (κ3) is 4.56. The van der Waals surface area contributed by atoms with E-state index < -0.39 is 5.97 Å². The minimum atomic E-state index is -0.991. The van der Waals surface area contributed by atoms with Crippen LogP contribution in [-0.2, 0) is 12.4 Å². The molecule has 0 aliphatic carbocycles. The number of rotatable bonds is 7. The molecule has 0 saturated carbocycles. The quantitative estimate of drug-likeness (QED) is 0.795. The zero-order valence-corrected chi connectivity index (χ0v) is 14.4. The Bertz CT molecular complexity index is 686. The van der Waals surface area contributed by atoms with Crippen LogP contribution in [0, 0.1) is 0 Å². The van der Waals surface area contributed by atoms with Gasteiger partial charge in [0, 0.05) is 16.3 Å². The molecule has 0 heterocycles. The van der Waals surface area contributed by atoms with Crippen LogP contribution in [0.4, 0.5) is 0 Å². The molecule has 0 saturated heterocycles. The number of carboxylic acids is 1. The molecule has 0 unspecified atom stereocenters. The van der Waals surface area contributed by atoms with E-state index in [1.54, 1.807) is 30.0 Å². The fourth-order valence-electron chi connectivity index (χ4n) is 2.10. The van der Waals surface area contributed by atoms with Gasteiger partial charge in [0.15, 0.2) is 11.5 Å². The second-order valence-corrected chi connectivity index (χ2v) is 6.12. The van der Waals surface area contributed by atoms with Gasteiger partial charge >= 0.3 is 5.97 Å². The van der Waals surface area contributed by atoms with Gasteiger partial charge in [0.1, 0.15) is 6.61 Å². The molecular weight excluding hydrogens is 336 g/mol. The van der Waals surface area contributed by atoms with E-state index in [1.807, 2.05) is 18.4 Å². The summed E-state index contributed by atoms with van der Waals surface area (Å²) in [5.41, 5.74) is 1.95. The van der Waals surface area contributed by atoms with Gasteiger partial charge in [-0.1, -0.05) is 23.7 Å². The van der Waals surface area contributed by atoms with E-state index in [2.05, 4.69) is 0 Å². The fourth-order valence-corrected chi connectivity index (χ4v) is 2.75. The van der Waals surface area contributed by atoms with Gasteiger partial charge in [-0.3, -0.25) is 0 Å². The first-order valence-electron chi connectivity index (χ1n) is 6.85. The maximum absolute atomic E-state index is 11.2. The van der Waals surface area contributed by atoms with Gasteiger partial charge in [-0.05, 0) is 36.1 Å². The van der Waals surface area contributed by atoms with E-state index in [0.717, 1.165) is 11.1 Å². The van der Waals surface area contributed by atoms with Crippen LogP contribution in [-0.4, -0.2) is 24.4 Å². The predicted molar refractivity (Wildman–Crippen MR) is 93.0 cm³/mol. The van der Waals surface area contributed by atoms with Crippen LogP contribution in [0.3, 0.4) is 0 Å². The highest BCUT2D eigenvalue weighted by atomic mass is 35.5. The summed E-state index contributed by atoms with van der Waals surface area (Å²) in [5.74, 6) is 0.632. The van der Waals surface area contributed by atoms with Gasteiger partial charge in [-0.25, -0.2) is 4.79 Å². The Morgan fingerprint density at radius 3 is 2.52 bits per heavy atom. The summed E-state index contributed by atoms with van der Waals surface area (Å²) in [6.07, 6.45) is 1.95. The summed E-state index contributed by atoms with van der Waals surface area (Å²) < 4.78 is 11.2. The molecule has 122 valence electrons. The number of benzene rings is 2. The summed E-state index contributed by atoms with van der Waals surface area (Å²) in [7, 11) is 1.50. The highest BCUT2D eigenvalue weighted by molar-refractivity contribution is 7.97. The van der Waals surface area contributed by atoms with Crippen molar-refractivity contribution in [2.75, 3.05) is 13.4 Å². The number of carboxylic acid groups (broad SMARTS) is 1. The molecule has 0 aliphatic rings. The summed E-state index contributed by atoms with van der Waals surface area (Å²) in [5, 5.41) is 9.87. The normalized spacial score (nSPS) is 10.4. The SMILES string of the molecule is COc1cc(C(=O)O)cc(CSC)c1OCc1ccc(Cl)cc1. The Kier molecular flexibility index (Phi) is 6.19. The maximum atomic E-state index is 11.2. The molecule has 0 spiro atoms. The molecule has 2 aromatic rings. The highest BCUT2D eigenvalue weighted by Gasteiger charge is 2.16. The Morgan fingerprint density at radius 1 is 1.26 bits per heavy atom. The van der Waals surface area contributed by atoms with Crippen LogP contribution in [0.25, 0.3) is 0 Å². The molecule has 23 heavy (non-hydrogen) atoms. The van der Waals surface area contributed by atoms with Crippen LogP contribution >= 0.6 is 23.4 Å². The second-order valence-electron chi connectivity index (χ2n) is 4.82. The molecule has 1 N–H and O–H groups in total. The average Bonchev–Trinajstić information content (AvgIpc) is 2.54. The first kappa shape index (κ1) is 17.5. The third-order valence-corrected chi connectivity index (χ3v) is 4.05. The number of carbonyl (C=O) groups is 1. The largest absolute Gasteiger partial charge is 0.493 e. The van der Waals surface area contributed by atoms with Crippen LogP contribution in [0.5, 0.6) is 11.5 Å². The molecule has 0 amide bonds. The van der Waals surface area contributed by atoms with Gasteiger partial charge < -0.3 is 14.6 Å². The molecule has 4 nitrogen and oxygen atoms in total. The fraction of sp³-hybridized carbons (Fsp3) is 0.235. The standard InChI is InChI=1S/C17H17ClO4S/c1-21-15-8-12(17(19)20)7-13(10-23-2)16(15)22-9-11-3-5-14(18)6-4-11/h3-8H,9-10H2,1-2H3,(H,19,20). The molecule has 2 aromatic carbocycles. The van der Waals surface area contributed by atoms with E-state index in [-0.39, 0.29) is 5.56 Å². The number of hydrogen-bond donors (Lipinski definition) is 1. The lowest BCUT2D eigenvalue weighted by atomic mass is 10.1. The monoisotopic (exact) mass is 352 g/mol. The molecule has 6 heteroatoms. The van der Waals surface area contributed by atoms with E-state index in [9.17, 15) is 9.90 Å². The molecule has 0 bridgehead atoms. The van der Waals surface area contributed by atoms with Gasteiger partial charge in [0.05, 0.1) is 12.7 Å². The Balaban J connectivity index is 2.30. The van der Waals surface area contributed by atoms with Crippen molar-refractivity contribution >= 4 is 29.3 Å². The van der Waals surface area contributed by atoms with Crippen molar-refractivity contribution in [3.8, 4) is 11.5 Å². The summed E-state index contributed by atoms with van der Waals surface area (Å²) in [6.45, 7) is 0.349. The number of aromatic carboxylic acids is 1. The number of hydrogen-bond acceptors (Lipinski definition) is 4. The lowest BCUT2D eigenvalue weighted by Gasteiger charge is -2.16. The highest BCUT2D eigenvalue weighted by Crippen LogP contribution is 2.35. The van der Waals surface area contributed by atoms with Crippen LogP contribution in [0.1, 0.15) is 21.5 Å². The second kappa shape index (κ2) is 8.13. The average molecular weight is 353 g/mol. The summed E-state index contributed by atoms with van der Waals surface area (Å²) >= 11 is 7.46. The van der Waals surface area contributed by atoms with E-state index in [1.165, 1.54) is 13.2 Å². The molecular formula is C17H17ClO4S. The minimum absolute atomic E-state index is 0.185. The van der Waals surface area contributed by atoms with Crippen molar-refractivity contribution in [1.82, 2.24) is 0 Å². The maximum Gasteiger partial charge on any atom is 0.335 e. The van der Waals surface area contributed by atoms with Crippen molar-refractivity contribution in [2.24, 2.45) is 0 Å². The van der Waals surface area contributed by atoms with Gasteiger partial charge in [0.2, 0.25) is 0 Å². The minimum Gasteiger partial charge on any atom is -0.493 e. The van der Waals surface area contributed by atoms with Crippen molar-refractivity contribution in [3.63, 3.8) is 0 Å². The van der Waals surface area contributed by atoms with E-state index in [4.69, 9.17) is 21.1 Å². The lowest BCUT2D eigenvalue weighted by molar-refractivity contribution is 0.0696. The van der Waals surface area contributed by atoms with Gasteiger partial charge in [0.25, 0.3) is 0 Å². The topological polar surface area (TPSA) is 55.8 Å². The molecule has 0 aromatic heterocycles. The Hall–Kier alpha value is -1.85. The number of ether oxygens (including phenoxy) is 2. The van der Waals surface area contributed by atoms with Crippen LogP contribution in [0.15, 0.2) is 36.4 Å². The first-order chi connectivity index (χ1) is 11.0. The van der Waals surface area contributed by atoms with Gasteiger partial charge in [-0.2, -0.15) is 11.8 Å². The number of methoxy groups -OCH3 is 1. The van der Waals surface area contributed by atoms with Crippen LogP contribution < -0.4 is 9.47 Å². The molecule has 0 aliphatic heterocycles. The van der Waals surface area contributed by atoms with Crippen LogP contribution in [0.2, 0.25) is 5.02 Å².